The Kier molecular flexibility index (Phi) is 4.90. The SMILES string of the molecule is COc1ccccc1Nc1nncc(Nc2ccc(C)c(Br)c2)n1. The summed E-state index contributed by atoms with van der Waals surface area (Å²) in [5.41, 5.74) is 2.85. The Morgan fingerprint density at radius 3 is 2.71 bits per heavy atom. The number of benzene rings is 2. The summed E-state index contributed by atoms with van der Waals surface area (Å²) in [5, 5.41) is 14.3. The van der Waals surface area contributed by atoms with Gasteiger partial charge in [-0.05, 0) is 36.8 Å². The Labute approximate surface area is 148 Å². The third kappa shape index (κ3) is 3.80. The number of anilines is 4. The highest BCUT2D eigenvalue weighted by Gasteiger charge is 2.06. The van der Waals surface area contributed by atoms with Gasteiger partial charge in [-0.1, -0.05) is 34.1 Å². The number of halogens is 1. The van der Waals surface area contributed by atoms with E-state index >= 15 is 0 Å². The first-order chi connectivity index (χ1) is 11.7. The summed E-state index contributed by atoms with van der Waals surface area (Å²) in [6, 6.07) is 13.6. The molecule has 2 N–H and O–H groups in total. The number of nitrogens with zero attached hydrogens (tertiary/aromatic N) is 3. The third-order valence-corrected chi connectivity index (χ3v) is 4.21. The summed E-state index contributed by atoms with van der Waals surface area (Å²) >= 11 is 3.52. The van der Waals surface area contributed by atoms with Crippen molar-refractivity contribution in [3.63, 3.8) is 0 Å². The van der Waals surface area contributed by atoms with Crippen LogP contribution in [0.15, 0.2) is 53.1 Å². The Morgan fingerprint density at radius 1 is 1.08 bits per heavy atom. The molecule has 0 aliphatic heterocycles. The van der Waals surface area contributed by atoms with Crippen LogP contribution in [0.5, 0.6) is 5.75 Å². The van der Waals surface area contributed by atoms with E-state index in [1.165, 1.54) is 5.56 Å². The minimum absolute atomic E-state index is 0.385. The van der Waals surface area contributed by atoms with Crippen LogP contribution in [0, 0.1) is 6.92 Å². The van der Waals surface area contributed by atoms with Gasteiger partial charge in [0.15, 0.2) is 5.82 Å². The fourth-order valence-electron chi connectivity index (χ4n) is 2.10. The molecule has 0 spiro atoms. The van der Waals surface area contributed by atoms with Crippen molar-refractivity contribution in [2.75, 3.05) is 17.7 Å². The lowest BCUT2D eigenvalue weighted by atomic mass is 10.2. The molecule has 3 rings (SSSR count). The second kappa shape index (κ2) is 7.27. The van der Waals surface area contributed by atoms with E-state index in [1.54, 1.807) is 13.3 Å². The smallest absolute Gasteiger partial charge is 0.249 e. The molecule has 0 aliphatic carbocycles. The van der Waals surface area contributed by atoms with Crippen LogP contribution in [0.4, 0.5) is 23.1 Å². The van der Waals surface area contributed by atoms with E-state index in [-0.39, 0.29) is 0 Å². The topological polar surface area (TPSA) is 72.0 Å². The summed E-state index contributed by atoms with van der Waals surface area (Å²) in [6.07, 6.45) is 1.57. The van der Waals surface area contributed by atoms with Gasteiger partial charge in [-0.3, -0.25) is 0 Å². The molecular weight excluding hydrogens is 370 g/mol. The van der Waals surface area contributed by atoms with Crippen LogP contribution in [0.3, 0.4) is 0 Å². The van der Waals surface area contributed by atoms with E-state index in [0.717, 1.165) is 15.8 Å². The van der Waals surface area contributed by atoms with E-state index in [4.69, 9.17) is 4.74 Å². The number of para-hydroxylation sites is 2. The van der Waals surface area contributed by atoms with Crippen molar-refractivity contribution in [1.29, 1.82) is 0 Å². The molecule has 7 heteroatoms. The molecule has 0 unspecified atom stereocenters. The van der Waals surface area contributed by atoms with Crippen LogP contribution in [-0.4, -0.2) is 22.3 Å². The van der Waals surface area contributed by atoms with Gasteiger partial charge in [0.05, 0.1) is 19.0 Å². The summed E-state index contributed by atoms with van der Waals surface area (Å²) in [7, 11) is 1.62. The number of ether oxygens (including phenoxy) is 1. The van der Waals surface area contributed by atoms with Crippen molar-refractivity contribution in [3.05, 3.63) is 58.7 Å². The quantitative estimate of drug-likeness (QED) is 0.676. The highest BCUT2D eigenvalue weighted by molar-refractivity contribution is 9.10. The van der Waals surface area contributed by atoms with E-state index in [1.807, 2.05) is 49.4 Å². The van der Waals surface area contributed by atoms with Gasteiger partial charge in [0, 0.05) is 10.2 Å². The molecule has 0 aliphatic rings. The Morgan fingerprint density at radius 2 is 1.92 bits per heavy atom. The van der Waals surface area contributed by atoms with Crippen LogP contribution >= 0.6 is 15.9 Å². The van der Waals surface area contributed by atoms with Gasteiger partial charge in [0.25, 0.3) is 0 Å². The molecule has 2 aromatic carbocycles. The predicted octanol–water partition coefficient (Wildman–Crippen LogP) is 4.44. The molecule has 0 bridgehead atoms. The molecule has 6 nitrogen and oxygen atoms in total. The molecule has 0 saturated heterocycles. The van der Waals surface area contributed by atoms with Crippen LogP contribution in [0.25, 0.3) is 0 Å². The van der Waals surface area contributed by atoms with Crippen molar-refractivity contribution in [3.8, 4) is 5.75 Å². The van der Waals surface area contributed by atoms with Gasteiger partial charge in [-0.25, -0.2) is 0 Å². The minimum Gasteiger partial charge on any atom is -0.495 e. The molecule has 0 radical (unpaired) electrons. The monoisotopic (exact) mass is 385 g/mol. The van der Waals surface area contributed by atoms with E-state index in [0.29, 0.717) is 17.5 Å². The largest absolute Gasteiger partial charge is 0.495 e. The Bertz CT molecular complexity index is 856. The van der Waals surface area contributed by atoms with Crippen molar-refractivity contribution < 1.29 is 4.74 Å². The van der Waals surface area contributed by atoms with Gasteiger partial charge in [0.2, 0.25) is 5.95 Å². The predicted molar refractivity (Wildman–Crippen MR) is 98.3 cm³/mol. The second-order valence-corrected chi connectivity index (χ2v) is 5.93. The van der Waals surface area contributed by atoms with E-state index < -0.39 is 0 Å². The second-order valence-electron chi connectivity index (χ2n) is 5.08. The summed E-state index contributed by atoms with van der Waals surface area (Å²) in [4.78, 5) is 4.42. The zero-order valence-electron chi connectivity index (χ0n) is 13.2. The van der Waals surface area contributed by atoms with Crippen LogP contribution in [0.1, 0.15) is 5.56 Å². The lowest BCUT2D eigenvalue weighted by Gasteiger charge is -2.10. The van der Waals surface area contributed by atoms with Crippen molar-refractivity contribution in [2.45, 2.75) is 6.92 Å². The standard InChI is InChI=1S/C17H16BrN5O/c1-11-7-8-12(9-13(11)18)20-16-10-19-23-17(22-16)21-14-5-3-4-6-15(14)24-2/h3-10H,1-2H3,(H2,20,21,22,23). The molecule has 1 heterocycles. The Hall–Kier alpha value is -2.67. The average molecular weight is 386 g/mol. The molecular formula is C17H16BrN5O. The first-order valence-electron chi connectivity index (χ1n) is 7.28. The normalized spacial score (nSPS) is 10.3. The summed E-state index contributed by atoms with van der Waals surface area (Å²) < 4.78 is 6.34. The number of aryl methyl sites for hydroxylation is 1. The van der Waals surface area contributed by atoms with E-state index in [2.05, 4.69) is 41.7 Å². The maximum absolute atomic E-state index is 5.31. The summed E-state index contributed by atoms with van der Waals surface area (Å²) in [6.45, 7) is 2.04. The number of hydrogen-bond donors (Lipinski definition) is 2. The van der Waals surface area contributed by atoms with Gasteiger partial charge in [0.1, 0.15) is 5.75 Å². The number of rotatable bonds is 5. The lowest BCUT2D eigenvalue weighted by molar-refractivity contribution is 0.417. The fraction of sp³-hybridized carbons (Fsp3) is 0.118. The maximum atomic E-state index is 5.31. The molecule has 3 aromatic rings. The van der Waals surface area contributed by atoms with Crippen LogP contribution < -0.4 is 15.4 Å². The van der Waals surface area contributed by atoms with Crippen molar-refractivity contribution >= 4 is 39.1 Å². The lowest BCUT2D eigenvalue weighted by Crippen LogP contribution is -2.03. The van der Waals surface area contributed by atoms with E-state index in [9.17, 15) is 0 Å². The highest BCUT2D eigenvalue weighted by atomic mass is 79.9. The highest BCUT2D eigenvalue weighted by Crippen LogP contribution is 2.26. The average Bonchev–Trinajstić information content (AvgIpc) is 2.59. The molecule has 0 amide bonds. The number of methoxy groups -OCH3 is 1. The molecule has 0 atom stereocenters. The fourth-order valence-corrected chi connectivity index (χ4v) is 2.48. The number of nitrogens with one attached hydrogen (secondary N) is 2. The van der Waals surface area contributed by atoms with Crippen molar-refractivity contribution in [2.24, 2.45) is 0 Å². The first kappa shape index (κ1) is 16.2. The zero-order valence-corrected chi connectivity index (χ0v) is 14.8. The molecule has 1 aromatic heterocycles. The molecule has 122 valence electrons. The Balaban J connectivity index is 1.80. The molecule has 24 heavy (non-hydrogen) atoms. The molecule has 0 saturated carbocycles. The van der Waals surface area contributed by atoms with Crippen molar-refractivity contribution in [1.82, 2.24) is 15.2 Å². The van der Waals surface area contributed by atoms with Gasteiger partial charge in [-0.15, -0.1) is 5.10 Å². The first-order valence-corrected chi connectivity index (χ1v) is 8.08. The van der Waals surface area contributed by atoms with Gasteiger partial charge >= 0.3 is 0 Å². The zero-order chi connectivity index (χ0) is 16.9. The summed E-state index contributed by atoms with van der Waals surface area (Å²) in [5.74, 6) is 1.69. The van der Waals surface area contributed by atoms with Gasteiger partial charge in [-0.2, -0.15) is 10.1 Å². The maximum Gasteiger partial charge on any atom is 0.249 e. The number of hydrogen-bond acceptors (Lipinski definition) is 6. The van der Waals surface area contributed by atoms with Gasteiger partial charge < -0.3 is 15.4 Å². The minimum atomic E-state index is 0.385. The van der Waals surface area contributed by atoms with Crippen LogP contribution in [-0.2, 0) is 0 Å². The molecule has 0 fully saturated rings. The van der Waals surface area contributed by atoms with Crippen LogP contribution in [0.2, 0.25) is 0 Å². The number of aromatic nitrogens is 3. The third-order valence-electron chi connectivity index (χ3n) is 3.36.